The van der Waals surface area contributed by atoms with Crippen LogP contribution in [-0.4, -0.2) is 4.92 Å². The lowest BCUT2D eigenvalue weighted by Gasteiger charge is -2.10. The topological polar surface area (TPSA) is 76.2 Å². The molecule has 0 amide bonds. The van der Waals surface area contributed by atoms with E-state index in [1.54, 1.807) is 25.1 Å². The first kappa shape index (κ1) is 13.8. The van der Waals surface area contributed by atoms with Gasteiger partial charge in [0.1, 0.15) is 17.6 Å². The van der Waals surface area contributed by atoms with Gasteiger partial charge in [-0.3, -0.25) is 10.1 Å². The first-order valence-electron chi connectivity index (χ1n) is 5.64. The average molecular weight is 289 g/mol. The molecule has 2 aromatic rings. The van der Waals surface area contributed by atoms with Crippen molar-refractivity contribution >= 4 is 17.3 Å². The fourth-order valence-electron chi connectivity index (χ4n) is 1.61. The third kappa shape index (κ3) is 2.87. The Morgan fingerprint density at radius 3 is 2.65 bits per heavy atom. The summed E-state index contributed by atoms with van der Waals surface area (Å²) in [5.41, 5.74) is 0.927. The van der Waals surface area contributed by atoms with Gasteiger partial charge in [-0.05, 0) is 36.8 Å². The van der Waals surface area contributed by atoms with Crippen molar-refractivity contribution in [3.05, 3.63) is 62.7 Å². The van der Waals surface area contributed by atoms with Crippen molar-refractivity contribution in [3.63, 3.8) is 0 Å². The van der Waals surface area contributed by atoms with Crippen LogP contribution in [0, 0.1) is 28.4 Å². The highest BCUT2D eigenvalue weighted by atomic mass is 35.5. The van der Waals surface area contributed by atoms with Crippen molar-refractivity contribution in [3.8, 4) is 17.6 Å². The molecule has 0 radical (unpaired) electrons. The molecule has 2 rings (SSSR count). The molecule has 20 heavy (non-hydrogen) atoms. The van der Waals surface area contributed by atoms with Crippen LogP contribution in [0.25, 0.3) is 0 Å². The van der Waals surface area contributed by atoms with E-state index in [0.29, 0.717) is 16.5 Å². The van der Waals surface area contributed by atoms with E-state index >= 15 is 0 Å². The van der Waals surface area contributed by atoms with Crippen molar-refractivity contribution in [2.45, 2.75) is 6.92 Å². The molecule has 0 heterocycles. The molecule has 0 spiro atoms. The number of nitro groups is 1. The van der Waals surface area contributed by atoms with Crippen molar-refractivity contribution in [2.24, 2.45) is 0 Å². The molecule has 0 N–H and O–H groups in total. The van der Waals surface area contributed by atoms with Crippen LogP contribution in [0.3, 0.4) is 0 Å². The van der Waals surface area contributed by atoms with Crippen LogP contribution in [0.5, 0.6) is 11.5 Å². The summed E-state index contributed by atoms with van der Waals surface area (Å²) in [5, 5.41) is 20.2. The minimum absolute atomic E-state index is 0.0712. The van der Waals surface area contributed by atoms with Gasteiger partial charge < -0.3 is 4.74 Å². The Labute approximate surface area is 120 Å². The van der Waals surface area contributed by atoms with E-state index in [1.165, 1.54) is 18.2 Å². The van der Waals surface area contributed by atoms with E-state index in [9.17, 15) is 10.1 Å². The first-order valence-corrected chi connectivity index (χ1v) is 6.01. The fourth-order valence-corrected chi connectivity index (χ4v) is 1.78. The van der Waals surface area contributed by atoms with Crippen molar-refractivity contribution < 1.29 is 9.66 Å². The minimum atomic E-state index is -0.501. The molecule has 0 saturated carbocycles. The molecule has 0 aliphatic carbocycles. The molecular weight excluding hydrogens is 280 g/mol. The van der Waals surface area contributed by atoms with Gasteiger partial charge in [-0.25, -0.2) is 0 Å². The summed E-state index contributed by atoms with van der Waals surface area (Å²) >= 11 is 5.80. The number of nitro benzene ring substituents is 1. The predicted molar refractivity (Wildman–Crippen MR) is 74.1 cm³/mol. The van der Waals surface area contributed by atoms with Gasteiger partial charge >= 0.3 is 0 Å². The van der Waals surface area contributed by atoms with Crippen LogP contribution >= 0.6 is 11.6 Å². The summed E-state index contributed by atoms with van der Waals surface area (Å²) in [7, 11) is 0. The van der Waals surface area contributed by atoms with Crippen LogP contribution in [0.15, 0.2) is 36.4 Å². The third-order valence-electron chi connectivity index (χ3n) is 2.66. The van der Waals surface area contributed by atoms with Crippen molar-refractivity contribution in [1.29, 1.82) is 5.26 Å². The zero-order valence-electron chi connectivity index (χ0n) is 10.5. The van der Waals surface area contributed by atoms with E-state index in [1.807, 2.05) is 6.07 Å². The number of hydrogen-bond donors (Lipinski definition) is 0. The maximum Gasteiger partial charge on any atom is 0.273 e. The SMILES string of the molecule is Cc1ccc([N+](=O)[O-])cc1Oc1ccc(Cl)cc1C#N. The summed E-state index contributed by atoms with van der Waals surface area (Å²) < 4.78 is 5.59. The molecule has 0 atom stereocenters. The molecule has 100 valence electrons. The smallest absolute Gasteiger partial charge is 0.273 e. The van der Waals surface area contributed by atoms with Gasteiger partial charge in [-0.1, -0.05) is 11.6 Å². The first-order chi connectivity index (χ1) is 9.51. The number of halogens is 1. The summed E-state index contributed by atoms with van der Waals surface area (Å²) in [6.07, 6.45) is 0. The molecule has 5 nitrogen and oxygen atoms in total. The Hall–Kier alpha value is -2.58. The maximum absolute atomic E-state index is 10.8. The van der Waals surface area contributed by atoms with Gasteiger partial charge in [0.05, 0.1) is 16.6 Å². The van der Waals surface area contributed by atoms with Crippen molar-refractivity contribution in [2.75, 3.05) is 0 Å². The zero-order chi connectivity index (χ0) is 14.7. The molecule has 0 saturated heterocycles. The fraction of sp³-hybridized carbons (Fsp3) is 0.0714. The molecular formula is C14H9ClN2O3. The quantitative estimate of drug-likeness (QED) is 0.626. The van der Waals surface area contributed by atoms with Crippen LogP contribution in [0.4, 0.5) is 5.69 Å². The summed E-state index contributed by atoms with van der Waals surface area (Å²) in [5.74, 6) is 0.638. The minimum Gasteiger partial charge on any atom is -0.455 e. The van der Waals surface area contributed by atoms with E-state index in [2.05, 4.69) is 0 Å². The number of rotatable bonds is 3. The largest absolute Gasteiger partial charge is 0.455 e. The molecule has 0 fully saturated rings. The molecule has 0 unspecified atom stereocenters. The normalized spacial score (nSPS) is 9.85. The van der Waals surface area contributed by atoms with Crippen molar-refractivity contribution in [1.82, 2.24) is 0 Å². The lowest BCUT2D eigenvalue weighted by atomic mass is 10.2. The lowest BCUT2D eigenvalue weighted by molar-refractivity contribution is -0.384. The van der Waals surface area contributed by atoms with Gasteiger partial charge in [-0.2, -0.15) is 5.26 Å². The summed E-state index contributed by atoms with van der Waals surface area (Å²) in [4.78, 5) is 10.3. The Balaban J connectivity index is 2.42. The second-order valence-corrected chi connectivity index (χ2v) is 4.50. The average Bonchev–Trinajstić information content (AvgIpc) is 2.42. The lowest BCUT2D eigenvalue weighted by Crippen LogP contribution is -1.93. The summed E-state index contributed by atoms with van der Waals surface area (Å²) in [6.45, 7) is 1.76. The van der Waals surface area contributed by atoms with Crippen LogP contribution in [0.2, 0.25) is 5.02 Å². The Bertz CT molecular complexity index is 723. The number of ether oxygens (including phenoxy) is 1. The van der Waals surface area contributed by atoms with Gasteiger partial charge in [0.25, 0.3) is 5.69 Å². The van der Waals surface area contributed by atoms with Gasteiger partial charge in [0.2, 0.25) is 0 Å². The second kappa shape index (κ2) is 5.59. The van der Waals surface area contributed by atoms with Gasteiger partial charge in [-0.15, -0.1) is 0 Å². The molecule has 0 bridgehead atoms. The number of hydrogen-bond acceptors (Lipinski definition) is 4. The Morgan fingerprint density at radius 2 is 2.00 bits per heavy atom. The van der Waals surface area contributed by atoms with E-state index in [4.69, 9.17) is 21.6 Å². The highest BCUT2D eigenvalue weighted by Gasteiger charge is 2.12. The highest BCUT2D eigenvalue weighted by Crippen LogP contribution is 2.31. The molecule has 2 aromatic carbocycles. The van der Waals surface area contributed by atoms with Gasteiger partial charge in [0, 0.05) is 11.1 Å². The molecule has 0 aliphatic rings. The van der Waals surface area contributed by atoms with Gasteiger partial charge in [0.15, 0.2) is 0 Å². The van der Waals surface area contributed by atoms with Crippen LogP contribution < -0.4 is 4.74 Å². The number of nitrogens with zero attached hydrogens (tertiary/aromatic N) is 2. The van der Waals surface area contributed by atoms with Crippen LogP contribution in [0.1, 0.15) is 11.1 Å². The highest BCUT2D eigenvalue weighted by molar-refractivity contribution is 6.30. The standard InChI is InChI=1S/C14H9ClN2O3/c1-9-2-4-12(17(18)19)7-14(9)20-13-5-3-11(15)6-10(13)8-16/h2-7H,1H3. The van der Waals surface area contributed by atoms with E-state index in [-0.39, 0.29) is 11.3 Å². The Kier molecular flexibility index (Phi) is 3.87. The van der Waals surface area contributed by atoms with Crippen LogP contribution in [-0.2, 0) is 0 Å². The Morgan fingerprint density at radius 1 is 1.25 bits per heavy atom. The van der Waals surface area contributed by atoms with E-state index < -0.39 is 4.92 Å². The molecule has 6 heteroatoms. The molecule has 0 aromatic heterocycles. The predicted octanol–water partition coefficient (Wildman–Crippen LogP) is 4.22. The number of aryl methyl sites for hydroxylation is 1. The number of non-ortho nitro benzene ring substituents is 1. The number of benzene rings is 2. The monoisotopic (exact) mass is 288 g/mol. The summed E-state index contributed by atoms with van der Waals surface area (Å²) in [6, 6.07) is 10.9. The zero-order valence-corrected chi connectivity index (χ0v) is 11.2. The van der Waals surface area contributed by atoms with E-state index in [0.717, 1.165) is 5.56 Å². The third-order valence-corrected chi connectivity index (χ3v) is 2.90. The second-order valence-electron chi connectivity index (χ2n) is 4.06. The maximum atomic E-state index is 10.8. The number of nitriles is 1. The molecule has 0 aliphatic heterocycles.